The lowest BCUT2D eigenvalue weighted by molar-refractivity contribution is -0.121. The molecule has 1 rings (SSSR count). The van der Waals surface area contributed by atoms with Crippen LogP contribution in [-0.4, -0.2) is 38.9 Å². The molecule has 0 radical (unpaired) electrons. The van der Waals surface area contributed by atoms with Crippen molar-refractivity contribution in [3.8, 4) is 0 Å². The predicted octanol–water partition coefficient (Wildman–Crippen LogP) is -0.0738. The summed E-state index contributed by atoms with van der Waals surface area (Å²) in [4.78, 5) is 15.3. The second kappa shape index (κ2) is 6.48. The Bertz CT molecular complexity index is 527. The lowest BCUT2D eigenvalue weighted by atomic mass is 10.3. The highest BCUT2D eigenvalue weighted by atomic mass is 32.2. The lowest BCUT2D eigenvalue weighted by Crippen LogP contribution is -2.43. The number of hydrogen-bond acceptors (Lipinski definition) is 5. The van der Waals surface area contributed by atoms with Crippen molar-refractivity contribution in [1.82, 2.24) is 15.0 Å². The van der Waals surface area contributed by atoms with E-state index in [0.29, 0.717) is 12.4 Å². The van der Waals surface area contributed by atoms with E-state index in [0.717, 1.165) is 0 Å². The molecule has 0 bridgehead atoms. The van der Waals surface area contributed by atoms with Crippen LogP contribution in [0.25, 0.3) is 0 Å². The van der Waals surface area contributed by atoms with E-state index >= 15 is 0 Å². The zero-order valence-corrected chi connectivity index (χ0v) is 11.9. The molecule has 0 aromatic carbocycles. The molecule has 106 valence electrons. The number of carbonyl (C=O) groups is 1. The van der Waals surface area contributed by atoms with Gasteiger partial charge in [-0.1, -0.05) is 0 Å². The quantitative estimate of drug-likeness (QED) is 0.679. The number of likely N-dealkylation sites (N-methyl/N-ethyl adjacent to an activating group) is 1. The molecule has 0 fully saturated rings. The van der Waals surface area contributed by atoms with Crippen LogP contribution in [0.1, 0.15) is 13.8 Å². The van der Waals surface area contributed by atoms with Gasteiger partial charge in [0.05, 0.1) is 6.04 Å². The molecular weight excluding hydrogens is 268 g/mol. The Morgan fingerprint density at radius 3 is 2.58 bits per heavy atom. The minimum Gasteiger partial charge on any atom is -0.370 e. The standard InChI is InChI=1S/C11H18N4O3S/c1-4-13-10-6-5-9(7-14-10)19(17,18)15-8(2)11(16)12-3/h5-8,15H,4H2,1-3H3,(H,12,16)(H,13,14). The van der Waals surface area contributed by atoms with Crippen molar-refractivity contribution in [3.05, 3.63) is 18.3 Å². The molecule has 0 aliphatic heterocycles. The maximum absolute atomic E-state index is 12.0. The van der Waals surface area contributed by atoms with Gasteiger partial charge in [0.15, 0.2) is 0 Å². The molecule has 0 aliphatic rings. The van der Waals surface area contributed by atoms with Crippen molar-refractivity contribution >= 4 is 21.7 Å². The maximum atomic E-state index is 12.0. The summed E-state index contributed by atoms with van der Waals surface area (Å²) in [5.74, 6) is 0.196. The predicted molar refractivity (Wildman–Crippen MR) is 72.3 cm³/mol. The van der Waals surface area contributed by atoms with Crippen molar-refractivity contribution in [1.29, 1.82) is 0 Å². The van der Waals surface area contributed by atoms with Crippen LogP contribution in [0, 0.1) is 0 Å². The SMILES string of the molecule is CCNc1ccc(S(=O)(=O)NC(C)C(=O)NC)cn1. The number of nitrogens with one attached hydrogen (secondary N) is 3. The van der Waals surface area contributed by atoms with E-state index in [-0.39, 0.29) is 4.90 Å². The van der Waals surface area contributed by atoms with Crippen LogP contribution in [0.5, 0.6) is 0 Å². The highest BCUT2D eigenvalue weighted by Crippen LogP contribution is 2.10. The summed E-state index contributed by atoms with van der Waals surface area (Å²) < 4.78 is 26.2. The Balaban J connectivity index is 2.85. The highest BCUT2D eigenvalue weighted by Gasteiger charge is 2.21. The molecule has 8 heteroatoms. The molecule has 3 N–H and O–H groups in total. The minimum absolute atomic E-state index is 0.0184. The van der Waals surface area contributed by atoms with Crippen molar-refractivity contribution in [2.45, 2.75) is 24.8 Å². The molecule has 7 nitrogen and oxygen atoms in total. The third-order valence-electron chi connectivity index (χ3n) is 2.38. The van der Waals surface area contributed by atoms with Crippen LogP contribution in [-0.2, 0) is 14.8 Å². The van der Waals surface area contributed by atoms with Crippen LogP contribution in [0.4, 0.5) is 5.82 Å². The molecule has 1 aromatic rings. The number of rotatable bonds is 6. The molecule has 1 aromatic heterocycles. The largest absolute Gasteiger partial charge is 0.370 e. The van der Waals surface area contributed by atoms with E-state index in [4.69, 9.17) is 0 Å². The summed E-state index contributed by atoms with van der Waals surface area (Å²) in [7, 11) is -2.30. The Labute approximate surface area is 112 Å². The van der Waals surface area contributed by atoms with Gasteiger partial charge in [-0.05, 0) is 26.0 Å². The third-order valence-corrected chi connectivity index (χ3v) is 3.90. The van der Waals surface area contributed by atoms with Gasteiger partial charge in [-0.15, -0.1) is 0 Å². The average molecular weight is 286 g/mol. The van der Waals surface area contributed by atoms with Crippen LogP contribution in [0.3, 0.4) is 0 Å². The monoisotopic (exact) mass is 286 g/mol. The number of anilines is 1. The normalized spacial score (nSPS) is 12.8. The van der Waals surface area contributed by atoms with Crippen LogP contribution in [0.15, 0.2) is 23.2 Å². The number of carbonyl (C=O) groups excluding carboxylic acids is 1. The zero-order chi connectivity index (χ0) is 14.5. The van der Waals surface area contributed by atoms with Gasteiger partial charge >= 0.3 is 0 Å². The maximum Gasteiger partial charge on any atom is 0.242 e. The van der Waals surface area contributed by atoms with E-state index in [1.54, 1.807) is 6.07 Å². The van der Waals surface area contributed by atoms with Crippen LogP contribution < -0.4 is 15.4 Å². The molecule has 1 unspecified atom stereocenters. The van der Waals surface area contributed by atoms with Gasteiger partial charge in [0.25, 0.3) is 0 Å². The zero-order valence-electron chi connectivity index (χ0n) is 11.1. The third kappa shape index (κ3) is 4.18. The van der Waals surface area contributed by atoms with E-state index in [9.17, 15) is 13.2 Å². The van der Waals surface area contributed by atoms with Gasteiger partial charge in [-0.2, -0.15) is 4.72 Å². The average Bonchev–Trinajstić information content (AvgIpc) is 2.38. The molecular formula is C11H18N4O3S. The number of aromatic nitrogens is 1. The molecule has 19 heavy (non-hydrogen) atoms. The second-order valence-electron chi connectivity index (χ2n) is 3.87. The fourth-order valence-electron chi connectivity index (χ4n) is 1.40. The molecule has 1 amide bonds. The second-order valence-corrected chi connectivity index (χ2v) is 5.58. The van der Waals surface area contributed by atoms with Gasteiger partial charge in [0, 0.05) is 19.8 Å². The number of sulfonamides is 1. The summed E-state index contributed by atoms with van der Waals surface area (Å²) in [5.41, 5.74) is 0. The summed E-state index contributed by atoms with van der Waals surface area (Å²) in [6, 6.07) is 2.16. The molecule has 0 aliphatic carbocycles. The first-order valence-electron chi connectivity index (χ1n) is 5.84. The highest BCUT2D eigenvalue weighted by molar-refractivity contribution is 7.89. The number of pyridine rings is 1. The van der Waals surface area contributed by atoms with Crippen LogP contribution >= 0.6 is 0 Å². The fraction of sp³-hybridized carbons (Fsp3) is 0.455. The Hall–Kier alpha value is -1.67. The van der Waals surface area contributed by atoms with Crippen LogP contribution in [0.2, 0.25) is 0 Å². The number of amides is 1. The minimum atomic E-state index is -3.75. The van der Waals surface area contributed by atoms with Crippen molar-refractivity contribution in [2.24, 2.45) is 0 Å². The summed E-state index contributed by atoms with van der Waals surface area (Å²) >= 11 is 0. The Morgan fingerprint density at radius 1 is 1.42 bits per heavy atom. The Kier molecular flexibility index (Phi) is 5.25. The molecule has 1 heterocycles. The summed E-state index contributed by atoms with van der Waals surface area (Å²) in [5, 5.41) is 5.34. The molecule has 0 saturated heterocycles. The van der Waals surface area contributed by atoms with Crippen molar-refractivity contribution < 1.29 is 13.2 Å². The van der Waals surface area contributed by atoms with Gasteiger partial charge in [-0.3, -0.25) is 4.79 Å². The van der Waals surface area contributed by atoms with E-state index in [1.165, 1.54) is 26.2 Å². The van der Waals surface area contributed by atoms with Crippen molar-refractivity contribution in [3.63, 3.8) is 0 Å². The molecule has 1 atom stereocenters. The molecule has 0 spiro atoms. The van der Waals surface area contributed by atoms with Gasteiger partial charge in [0.1, 0.15) is 10.7 Å². The van der Waals surface area contributed by atoms with E-state index in [1.807, 2.05) is 6.92 Å². The van der Waals surface area contributed by atoms with Gasteiger partial charge < -0.3 is 10.6 Å². The summed E-state index contributed by atoms with van der Waals surface area (Å²) in [6.07, 6.45) is 1.25. The Morgan fingerprint density at radius 2 is 2.11 bits per heavy atom. The number of nitrogens with zero attached hydrogens (tertiary/aromatic N) is 1. The topological polar surface area (TPSA) is 100 Å². The number of hydrogen-bond donors (Lipinski definition) is 3. The van der Waals surface area contributed by atoms with Gasteiger partial charge in [0.2, 0.25) is 15.9 Å². The van der Waals surface area contributed by atoms with E-state index < -0.39 is 22.0 Å². The smallest absolute Gasteiger partial charge is 0.242 e. The van der Waals surface area contributed by atoms with Gasteiger partial charge in [-0.25, -0.2) is 13.4 Å². The summed E-state index contributed by atoms with van der Waals surface area (Å²) in [6.45, 7) is 4.08. The lowest BCUT2D eigenvalue weighted by Gasteiger charge is -2.12. The van der Waals surface area contributed by atoms with E-state index in [2.05, 4.69) is 20.3 Å². The first-order chi connectivity index (χ1) is 8.90. The first kappa shape index (κ1) is 15.4. The first-order valence-corrected chi connectivity index (χ1v) is 7.33. The fourth-order valence-corrected chi connectivity index (χ4v) is 2.54. The van der Waals surface area contributed by atoms with Crippen molar-refractivity contribution in [2.75, 3.05) is 18.9 Å². The molecule has 0 saturated carbocycles.